The molecule has 0 unspecified atom stereocenters. The Morgan fingerprint density at radius 1 is 1.23 bits per heavy atom. The highest BCUT2D eigenvalue weighted by Crippen LogP contribution is 2.36. The zero-order valence-corrected chi connectivity index (χ0v) is 12.8. The number of rotatable bonds is 3. The number of nitriles is 1. The smallest absolute Gasteiger partial charge is 0.245 e. The van der Waals surface area contributed by atoms with Gasteiger partial charge < -0.3 is 0 Å². The molecule has 0 fully saturated rings. The quantitative estimate of drug-likeness (QED) is 0.756. The average molecular weight is 322 g/mol. The van der Waals surface area contributed by atoms with E-state index in [1.807, 2.05) is 31.2 Å². The molecule has 0 aliphatic carbocycles. The predicted molar refractivity (Wildman–Crippen MR) is 79.4 cm³/mol. The molecule has 2 nitrogen and oxygen atoms in total. The monoisotopic (exact) mass is 322 g/mol. The zero-order chi connectivity index (χ0) is 16.3. The van der Waals surface area contributed by atoms with E-state index in [4.69, 9.17) is 5.26 Å². The Hall–Kier alpha value is -2.00. The van der Waals surface area contributed by atoms with Gasteiger partial charge in [-0.2, -0.15) is 18.4 Å². The van der Waals surface area contributed by atoms with Gasteiger partial charge >= 0.3 is 6.18 Å². The lowest BCUT2D eigenvalue weighted by atomic mass is 10.1. The molecule has 2 aromatic rings. The normalized spacial score (nSPS) is 11.3. The lowest BCUT2D eigenvalue weighted by Crippen LogP contribution is -2.10. The number of hydrogen-bond acceptors (Lipinski definition) is 3. The number of aryl methyl sites for hydroxylation is 2. The van der Waals surface area contributed by atoms with Gasteiger partial charge in [-0.3, -0.25) is 0 Å². The van der Waals surface area contributed by atoms with Crippen molar-refractivity contribution in [1.29, 1.82) is 5.26 Å². The van der Waals surface area contributed by atoms with Gasteiger partial charge in [0, 0.05) is 11.4 Å². The molecule has 0 atom stereocenters. The topological polar surface area (TPSA) is 36.7 Å². The third-order valence-electron chi connectivity index (χ3n) is 3.16. The van der Waals surface area contributed by atoms with E-state index in [0.29, 0.717) is 5.75 Å². The molecule has 114 valence electrons. The first kappa shape index (κ1) is 16.4. The average Bonchev–Trinajstić information content (AvgIpc) is 2.45. The van der Waals surface area contributed by atoms with Crippen LogP contribution in [0.2, 0.25) is 0 Å². The van der Waals surface area contributed by atoms with Crippen LogP contribution in [0.25, 0.3) is 0 Å². The van der Waals surface area contributed by atoms with Crippen LogP contribution in [-0.2, 0) is 11.9 Å². The van der Waals surface area contributed by atoms with E-state index in [1.165, 1.54) is 6.92 Å². The van der Waals surface area contributed by atoms with Crippen molar-refractivity contribution in [3.05, 3.63) is 58.3 Å². The Morgan fingerprint density at radius 3 is 2.50 bits per heavy atom. The summed E-state index contributed by atoms with van der Waals surface area (Å²) in [4.78, 5) is 4.10. The Morgan fingerprint density at radius 2 is 1.91 bits per heavy atom. The minimum absolute atomic E-state index is 0.123. The standard InChI is InChI=1S/C16H13F3N2S/c1-10-5-3-4-6-12(10)9-22-15-13(8-20)14(16(17,18)19)7-11(2)21-15/h3-7H,9H2,1-2H3. The summed E-state index contributed by atoms with van der Waals surface area (Å²) in [5.41, 5.74) is 0.982. The summed E-state index contributed by atoms with van der Waals surface area (Å²) in [6.07, 6.45) is -4.56. The van der Waals surface area contributed by atoms with Gasteiger partial charge in [-0.15, -0.1) is 11.8 Å². The van der Waals surface area contributed by atoms with Crippen LogP contribution in [0.15, 0.2) is 35.4 Å². The maximum Gasteiger partial charge on any atom is 0.417 e. The number of nitrogens with zero attached hydrogens (tertiary/aromatic N) is 2. The highest BCUT2D eigenvalue weighted by atomic mass is 32.2. The molecule has 0 aliphatic rings. The number of pyridine rings is 1. The first-order valence-electron chi connectivity index (χ1n) is 6.49. The van der Waals surface area contributed by atoms with Crippen LogP contribution >= 0.6 is 11.8 Å². The summed E-state index contributed by atoms with van der Waals surface area (Å²) in [5, 5.41) is 9.23. The lowest BCUT2D eigenvalue weighted by molar-refractivity contribution is -0.138. The Labute approximate surface area is 131 Å². The summed E-state index contributed by atoms with van der Waals surface area (Å²) in [6.45, 7) is 3.43. The molecule has 1 aromatic heterocycles. The second-order valence-electron chi connectivity index (χ2n) is 4.82. The van der Waals surface area contributed by atoms with Crippen LogP contribution in [0.4, 0.5) is 13.2 Å². The highest BCUT2D eigenvalue weighted by Gasteiger charge is 2.35. The summed E-state index contributed by atoms with van der Waals surface area (Å²) >= 11 is 1.15. The molecule has 0 saturated carbocycles. The second-order valence-corrected chi connectivity index (χ2v) is 5.78. The summed E-state index contributed by atoms with van der Waals surface area (Å²) in [7, 11) is 0. The lowest BCUT2D eigenvalue weighted by Gasteiger charge is -2.13. The van der Waals surface area contributed by atoms with E-state index >= 15 is 0 Å². The van der Waals surface area contributed by atoms with E-state index in [1.54, 1.807) is 6.07 Å². The molecule has 0 aliphatic heterocycles. The van der Waals surface area contributed by atoms with Crippen LogP contribution < -0.4 is 0 Å². The summed E-state index contributed by atoms with van der Waals surface area (Å²) in [6, 6.07) is 10.2. The fourth-order valence-electron chi connectivity index (χ4n) is 2.00. The van der Waals surface area contributed by atoms with Gasteiger partial charge in [0.1, 0.15) is 11.1 Å². The maximum atomic E-state index is 13.0. The van der Waals surface area contributed by atoms with Gasteiger partial charge in [-0.05, 0) is 31.0 Å². The molecular formula is C16H13F3N2S. The molecule has 0 saturated heterocycles. The van der Waals surface area contributed by atoms with Crippen molar-refractivity contribution in [3.8, 4) is 6.07 Å². The Balaban J connectivity index is 2.38. The molecule has 1 heterocycles. The van der Waals surface area contributed by atoms with E-state index < -0.39 is 17.3 Å². The van der Waals surface area contributed by atoms with Crippen molar-refractivity contribution in [2.45, 2.75) is 30.8 Å². The Bertz CT molecular complexity index is 733. The largest absolute Gasteiger partial charge is 0.417 e. The van der Waals surface area contributed by atoms with Gasteiger partial charge in [0.25, 0.3) is 0 Å². The number of halogens is 3. The Kier molecular flexibility index (Phi) is 4.77. The minimum Gasteiger partial charge on any atom is -0.245 e. The summed E-state index contributed by atoms with van der Waals surface area (Å²) < 4.78 is 39.1. The molecule has 0 spiro atoms. The number of alkyl halides is 3. The van der Waals surface area contributed by atoms with Crippen LogP contribution in [0.1, 0.15) is 27.9 Å². The predicted octanol–water partition coefficient (Wildman–Crippen LogP) is 4.88. The third kappa shape index (κ3) is 3.60. The fraction of sp³-hybridized carbons (Fsp3) is 0.250. The van der Waals surface area contributed by atoms with Crippen LogP contribution in [0.3, 0.4) is 0 Å². The number of thioether (sulfide) groups is 1. The van der Waals surface area contributed by atoms with Crippen LogP contribution in [-0.4, -0.2) is 4.98 Å². The van der Waals surface area contributed by atoms with Crippen molar-refractivity contribution in [2.24, 2.45) is 0 Å². The molecule has 6 heteroatoms. The van der Waals surface area contributed by atoms with E-state index in [-0.39, 0.29) is 10.7 Å². The molecule has 0 N–H and O–H groups in total. The maximum absolute atomic E-state index is 13.0. The van der Waals surface area contributed by atoms with Crippen LogP contribution in [0, 0.1) is 25.2 Å². The van der Waals surface area contributed by atoms with Crippen molar-refractivity contribution >= 4 is 11.8 Å². The fourth-order valence-corrected chi connectivity index (χ4v) is 3.12. The molecular weight excluding hydrogens is 309 g/mol. The molecule has 0 bridgehead atoms. The van der Waals surface area contributed by atoms with Gasteiger partial charge in [0.15, 0.2) is 0 Å². The molecule has 2 rings (SSSR count). The van der Waals surface area contributed by atoms with Crippen molar-refractivity contribution in [1.82, 2.24) is 4.98 Å². The van der Waals surface area contributed by atoms with Crippen molar-refractivity contribution < 1.29 is 13.2 Å². The van der Waals surface area contributed by atoms with E-state index in [0.717, 1.165) is 29.0 Å². The number of aromatic nitrogens is 1. The number of benzene rings is 1. The second kappa shape index (κ2) is 6.41. The number of hydrogen-bond donors (Lipinski definition) is 0. The van der Waals surface area contributed by atoms with Crippen molar-refractivity contribution in [2.75, 3.05) is 0 Å². The zero-order valence-electron chi connectivity index (χ0n) is 12.0. The van der Waals surface area contributed by atoms with Gasteiger partial charge in [0.05, 0.1) is 11.1 Å². The third-order valence-corrected chi connectivity index (χ3v) is 4.18. The highest BCUT2D eigenvalue weighted by molar-refractivity contribution is 7.98. The first-order valence-corrected chi connectivity index (χ1v) is 7.47. The first-order chi connectivity index (χ1) is 10.3. The summed E-state index contributed by atoms with van der Waals surface area (Å²) in [5.74, 6) is 0.467. The van der Waals surface area contributed by atoms with E-state index in [9.17, 15) is 13.2 Å². The van der Waals surface area contributed by atoms with Gasteiger partial charge in [-0.1, -0.05) is 24.3 Å². The molecule has 0 radical (unpaired) electrons. The molecule has 1 aromatic carbocycles. The minimum atomic E-state index is -4.56. The van der Waals surface area contributed by atoms with Gasteiger partial charge in [-0.25, -0.2) is 4.98 Å². The molecule has 22 heavy (non-hydrogen) atoms. The van der Waals surface area contributed by atoms with Gasteiger partial charge in [0.2, 0.25) is 0 Å². The van der Waals surface area contributed by atoms with Crippen molar-refractivity contribution in [3.63, 3.8) is 0 Å². The van der Waals surface area contributed by atoms with E-state index in [2.05, 4.69) is 4.98 Å². The van der Waals surface area contributed by atoms with Crippen LogP contribution in [0.5, 0.6) is 0 Å². The molecule has 0 amide bonds. The SMILES string of the molecule is Cc1cc(C(F)(F)F)c(C#N)c(SCc2ccccc2C)n1.